The number of rotatable bonds is 3. The minimum absolute atomic E-state index is 0.268. The molecule has 0 spiro atoms. The minimum Gasteiger partial charge on any atom is -0.394 e. The van der Waals surface area contributed by atoms with Crippen LogP contribution in [0.15, 0.2) is 49.9 Å². The van der Waals surface area contributed by atoms with Crippen molar-refractivity contribution >= 4 is 11.6 Å². The summed E-state index contributed by atoms with van der Waals surface area (Å²) in [6, 6.07) is 3.05. The highest BCUT2D eigenvalue weighted by molar-refractivity contribution is 5.35. The first-order chi connectivity index (χ1) is 17.8. The van der Waals surface area contributed by atoms with Crippen LogP contribution in [0.3, 0.4) is 0 Å². The number of hydrogen-bond donors (Lipinski definition) is 3. The number of ether oxygens (including phenoxy) is 1. The zero-order chi connectivity index (χ0) is 28.7. The van der Waals surface area contributed by atoms with Crippen LogP contribution in [-0.4, -0.2) is 71.4 Å². The molecule has 3 atom stereocenters. The number of nitrogens with two attached hydrogens (primary N) is 1. The van der Waals surface area contributed by atoms with Gasteiger partial charge in [-0.2, -0.15) is 9.97 Å². The summed E-state index contributed by atoms with van der Waals surface area (Å²) in [5.41, 5.74) is 4.86. The van der Waals surface area contributed by atoms with E-state index in [0.717, 1.165) is 10.1 Å². The van der Waals surface area contributed by atoms with Crippen molar-refractivity contribution in [1.82, 2.24) is 28.2 Å². The van der Waals surface area contributed by atoms with Gasteiger partial charge in [-0.1, -0.05) is 0 Å². The Hall–Kier alpha value is -4.08. The van der Waals surface area contributed by atoms with Crippen LogP contribution in [0.1, 0.15) is 18.2 Å². The quantitative estimate of drug-likeness (QED) is 0.327. The number of aliphatic hydroxyl groups excluding tert-OH is 2. The lowest BCUT2D eigenvalue weighted by atomic mass is 10.2. The summed E-state index contributed by atoms with van der Waals surface area (Å²) in [7, 11) is 8.28. The molecule has 1 aliphatic rings. The summed E-state index contributed by atoms with van der Waals surface area (Å²) in [5, 5.41) is 18.6. The smallest absolute Gasteiger partial charge is 0.351 e. The zero-order valence-corrected chi connectivity index (χ0v) is 22.2. The molecule has 0 bridgehead atoms. The fourth-order valence-corrected chi connectivity index (χ4v) is 3.29. The van der Waals surface area contributed by atoms with Crippen molar-refractivity contribution < 1.29 is 14.9 Å². The Morgan fingerprint density at radius 1 is 1.05 bits per heavy atom. The first-order valence-corrected chi connectivity index (χ1v) is 11.5. The number of aliphatic hydroxyl groups is 2. The number of nitrogens with zero attached hydrogens (tertiary/aromatic N) is 7. The molecular weight excluding hydrogens is 500 g/mol. The molecule has 4 N–H and O–H groups in total. The Balaban J connectivity index is 0.000000216. The van der Waals surface area contributed by atoms with E-state index >= 15 is 0 Å². The summed E-state index contributed by atoms with van der Waals surface area (Å²) in [6.07, 6.45) is 2.98. The Morgan fingerprint density at radius 3 is 2.21 bits per heavy atom. The molecule has 15 heteroatoms. The first-order valence-electron chi connectivity index (χ1n) is 11.5. The second-order valence-electron chi connectivity index (χ2n) is 8.79. The molecule has 0 aliphatic carbocycles. The molecule has 15 nitrogen and oxygen atoms in total. The van der Waals surface area contributed by atoms with Gasteiger partial charge in [0.25, 0.3) is 5.56 Å². The molecule has 3 aromatic rings. The Labute approximate surface area is 217 Å². The summed E-state index contributed by atoms with van der Waals surface area (Å²) in [6.45, 7) is 1.54. The maximum Gasteiger partial charge on any atom is 0.351 e. The number of hydrogen-bond acceptors (Lipinski definition) is 11. The molecule has 4 rings (SSSR count). The van der Waals surface area contributed by atoms with E-state index in [1.54, 1.807) is 51.6 Å². The molecule has 208 valence electrons. The summed E-state index contributed by atoms with van der Waals surface area (Å²) < 4.78 is 10.5. The van der Waals surface area contributed by atoms with Gasteiger partial charge in [0.15, 0.2) is 0 Å². The third kappa shape index (κ3) is 7.47. The van der Waals surface area contributed by atoms with Crippen molar-refractivity contribution in [2.45, 2.75) is 31.8 Å². The molecule has 38 heavy (non-hydrogen) atoms. The first kappa shape index (κ1) is 30.1. The molecule has 0 unspecified atom stereocenters. The van der Waals surface area contributed by atoms with E-state index in [0.29, 0.717) is 11.6 Å². The molecule has 0 amide bonds. The van der Waals surface area contributed by atoms with Gasteiger partial charge in [-0.3, -0.25) is 13.9 Å². The predicted molar refractivity (Wildman–Crippen MR) is 140 cm³/mol. The molecule has 0 aromatic carbocycles. The van der Waals surface area contributed by atoms with Gasteiger partial charge in [-0.05, 0) is 13.0 Å². The topological polar surface area (TPSA) is 193 Å². The van der Waals surface area contributed by atoms with E-state index in [2.05, 4.69) is 9.97 Å². The Kier molecular flexibility index (Phi) is 10.3. The second kappa shape index (κ2) is 12.9. The standard InChI is InChI=1S/C11H17N3O4.C6H9N3O.C6H8N2O2/c1-13(2)9-3-4-14(11(17)12-9)10-5-7(16)8(6-15)18-10;1-4-3-9(2)6(10)8-5(4)7;1-7-4-3-5(9)8(2)6(7)10/h3-4,7-8,10,15-16H,5-6H2,1-2H3;3H,1-2H3,(H2,7,8,10);3-4H,1-2H3/t7-,8+,10+;;/m0../s1. The van der Waals surface area contributed by atoms with E-state index in [9.17, 15) is 24.3 Å². The van der Waals surface area contributed by atoms with Gasteiger partial charge >= 0.3 is 17.1 Å². The number of anilines is 2. The lowest BCUT2D eigenvalue weighted by molar-refractivity contribution is -0.0458. The van der Waals surface area contributed by atoms with Crippen molar-refractivity contribution in [2.75, 3.05) is 31.3 Å². The second-order valence-corrected chi connectivity index (χ2v) is 8.79. The van der Waals surface area contributed by atoms with Gasteiger partial charge in [-0.25, -0.2) is 14.4 Å². The number of nitrogen functional groups attached to an aromatic ring is 1. The van der Waals surface area contributed by atoms with Crippen molar-refractivity contribution in [3.8, 4) is 0 Å². The van der Waals surface area contributed by atoms with Gasteiger partial charge < -0.3 is 34.7 Å². The average Bonchev–Trinajstić information content (AvgIpc) is 3.24. The lowest BCUT2D eigenvalue weighted by Crippen LogP contribution is -2.35. The molecule has 3 aromatic heterocycles. The highest BCUT2D eigenvalue weighted by Gasteiger charge is 2.34. The highest BCUT2D eigenvalue weighted by Crippen LogP contribution is 2.27. The van der Waals surface area contributed by atoms with E-state index in [4.69, 9.17) is 15.6 Å². The van der Waals surface area contributed by atoms with Crippen LogP contribution < -0.4 is 33.3 Å². The summed E-state index contributed by atoms with van der Waals surface area (Å²) in [5.74, 6) is 0.872. The van der Waals surface area contributed by atoms with Crippen molar-refractivity contribution in [3.05, 3.63) is 78.1 Å². The third-order valence-electron chi connectivity index (χ3n) is 5.64. The monoisotopic (exact) mass is 534 g/mol. The number of aryl methyl sites for hydroxylation is 3. The normalized spacial score (nSPS) is 18.2. The predicted octanol–water partition coefficient (Wildman–Crippen LogP) is -2.30. The van der Waals surface area contributed by atoms with Crippen LogP contribution in [0.4, 0.5) is 11.6 Å². The van der Waals surface area contributed by atoms with Crippen molar-refractivity contribution in [2.24, 2.45) is 21.1 Å². The van der Waals surface area contributed by atoms with Crippen molar-refractivity contribution in [3.63, 3.8) is 0 Å². The number of aromatic nitrogens is 6. The van der Waals surface area contributed by atoms with E-state index in [1.807, 2.05) is 6.92 Å². The lowest BCUT2D eigenvalue weighted by Gasteiger charge is -2.16. The molecular formula is C23H34N8O7. The third-order valence-corrected chi connectivity index (χ3v) is 5.64. The van der Waals surface area contributed by atoms with E-state index in [1.165, 1.54) is 33.0 Å². The van der Waals surface area contributed by atoms with Gasteiger partial charge in [-0.15, -0.1) is 0 Å². The van der Waals surface area contributed by atoms with E-state index < -0.39 is 24.1 Å². The van der Waals surface area contributed by atoms with Gasteiger partial charge in [0.1, 0.15) is 24.0 Å². The van der Waals surface area contributed by atoms with Gasteiger partial charge in [0, 0.05) is 71.9 Å². The Morgan fingerprint density at radius 2 is 1.71 bits per heavy atom. The fourth-order valence-electron chi connectivity index (χ4n) is 3.29. The maximum absolute atomic E-state index is 11.8. The van der Waals surface area contributed by atoms with Crippen LogP contribution in [0, 0.1) is 6.92 Å². The van der Waals surface area contributed by atoms with Gasteiger partial charge in [0.2, 0.25) is 0 Å². The van der Waals surface area contributed by atoms with Crippen LogP contribution in [0.25, 0.3) is 0 Å². The molecule has 1 aliphatic heterocycles. The molecule has 1 saturated heterocycles. The molecule has 0 radical (unpaired) electrons. The van der Waals surface area contributed by atoms with E-state index in [-0.39, 0.29) is 30.0 Å². The fraction of sp³-hybridized carbons (Fsp3) is 0.478. The summed E-state index contributed by atoms with van der Waals surface area (Å²) in [4.78, 5) is 53.4. The SMILES string of the molecule is CN(C)c1ccn([C@H]2C[C@H](O)[C@@H](CO)O2)c(=O)n1.Cc1cn(C)c(=O)nc1N.Cn1ccc(=O)n(C)c1=O. The Bertz CT molecular complexity index is 1470. The summed E-state index contributed by atoms with van der Waals surface area (Å²) >= 11 is 0. The maximum atomic E-state index is 11.8. The molecule has 0 saturated carbocycles. The zero-order valence-electron chi connectivity index (χ0n) is 22.2. The van der Waals surface area contributed by atoms with Crippen LogP contribution in [0.2, 0.25) is 0 Å². The van der Waals surface area contributed by atoms with Gasteiger partial charge in [0.05, 0.1) is 12.7 Å². The molecule has 4 heterocycles. The van der Waals surface area contributed by atoms with Crippen LogP contribution in [0.5, 0.6) is 0 Å². The minimum atomic E-state index is -0.763. The van der Waals surface area contributed by atoms with Crippen molar-refractivity contribution in [1.29, 1.82) is 0 Å². The molecule has 1 fully saturated rings. The average molecular weight is 535 g/mol. The highest BCUT2D eigenvalue weighted by atomic mass is 16.5. The van der Waals surface area contributed by atoms with Crippen LogP contribution >= 0.6 is 0 Å². The largest absolute Gasteiger partial charge is 0.394 e. The van der Waals surface area contributed by atoms with Crippen LogP contribution in [-0.2, 0) is 25.9 Å².